The lowest BCUT2D eigenvalue weighted by molar-refractivity contribution is -0.383. The first-order valence-electron chi connectivity index (χ1n) is 5.84. The molecule has 98 valence electrons. The van der Waals surface area contributed by atoms with E-state index in [4.69, 9.17) is 10.5 Å². The van der Waals surface area contributed by atoms with Gasteiger partial charge in [0.15, 0.2) is 0 Å². The third kappa shape index (κ3) is 2.94. The molecule has 1 saturated heterocycles. The molecule has 0 radical (unpaired) electrons. The van der Waals surface area contributed by atoms with E-state index in [0.717, 1.165) is 24.3 Å². The molecule has 0 aliphatic carbocycles. The lowest BCUT2D eigenvalue weighted by atomic mass is 10.2. The highest BCUT2D eigenvalue weighted by Gasteiger charge is 2.24. The highest BCUT2D eigenvalue weighted by atomic mass is 32.2. The van der Waals surface area contributed by atoms with Crippen LogP contribution in [0.1, 0.15) is 18.9 Å². The fourth-order valence-corrected chi connectivity index (χ4v) is 3.17. The van der Waals surface area contributed by atoms with E-state index in [1.807, 2.05) is 6.07 Å². The van der Waals surface area contributed by atoms with Gasteiger partial charge in [-0.3, -0.25) is 10.1 Å². The molecular formula is C12H16N2O3S. The summed E-state index contributed by atoms with van der Waals surface area (Å²) in [6.07, 6.45) is 1.31. The molecule has 0 saturated carbocycles. The largest absolute Gasteiger partial charge is 0.393 e. The molecule has 1 aliphatic rings. The predicted octanol–water partition coefficient (Wildman–Crippen LogP) is 2.59. The van der Waals surface area contributed by atoms with E-state index in [1.165, 1.54) is 0 Å². The Morgan fingerprint density at radius 2 is 2.39 bits per heavy atom. The molecule has 1 aromatic carbocycles. The number of nitro groups is 1. The number of nitrogens with two attached hydrogens (primary N) is 1. The monoisotopic (exact) mass is 268 g/mol. The van der Waals surface area contributed by atoms with Crippen molar-refractivity contribution in [2.45, 2.75) is 30.5 Å². The van der Waals surface area contributed by atoms with Crippen LogP contribution in [0.4, 0.5) is 11.4 Å². The van der Waals surface area contributed by atoms with Crippen molar-refractivity contribution in [1.29, 1.82) is 0 Å². The maximum Gasteiger partial charge on any atom is 0.292 e. The molecule has 1 aliphatic heterocycles. The van der Waals surface area contributed by atoms with Crippen LogP contribution >= 0.6 is 11.8 Å². The number of nitrogen functional groups attached to an aromatic ring is 1. The Kier molecular flexibility index (Phi) is 4.08. The molecule has 2 unspecified atom stereocenters. The Morgan fingerprint density at radius 3 is 3.00 bits per heavy atom. The zero-order valence-corrected chi connectivity index (χ0v) is 11.0. The Bertz CT molecular complexity index is 453. The minimum atomic E-state index is -0.440. The second-order valence-electron chi connectivity index (χ2n) is 4.36. The summed E-state index contributed by atoms with van der Waals surface area (Å²) in [5, 5.41) is 11.3. The van der Waals surface area contributed by atoms with Gasteiger partial charge < -0.3 is 10.5 Å². The summed E-state index contributed by atoms with van der Waals surface area (Å²) in [6.45, 7) is 2.87. The molecule has 0 aromatic heterocycles. The van der Waals surface area contributed by atoms with E-state index in [1.54, 1.807) is 23.9 Å². The van der Waals surface area contributed by atoms with Crippen molar-refractivity contribution in [3.8, 4) is 0 Å². The minimum Gasteiger partial charge on any atom is -0.393 e. The van der Waals surface area contributed by atoms with Gasteiger partial charge in [0.25, 0.3) is 5.69 Å². The van der Waals surface area contributed by atoms with Gasteiger partial charge in [-0.15, -0.1) is 0 Å². The summed E-state index contributed by atoms with van der Waals surface area (Å²) in [6, 6.07) is 5.00. The van der Waals surface area contributed by atoms with Gasteiger partial charge in [-0.25, -0.2) is 0 Å². The third-order valence-electron chi connectivity index (χ3n) is 3.06. The van der Waals surface area contributed by atoms with E-state index in [9.17, 15) is 10.1 Å². The van der Waals surface area contributed by atoms with Gasteiger partial charge in [0.1, 0.15) is 5.69 Å². The first-order valence-corrected chi connectivity index (χ1v) is 6.89. The van der Waals surface area contributed by atoms with Crippen molar-refractivity contribution in [2.24, 2.45) is 0 Å². The number of anilines is 1. The van der Waals surface area contributed by atoms with Crippen LogP contribution in [0.5, 0.6) is 0 Å². The highest BCUT2D eigenvalue weighted by molar-refractivity contribution is 7.99. The molecule has 6 heteroatoms. The molecular weight excluding hydrogens is 252 g/mol. The third-order valence-corrected chi connectivity index (χ3v) is 4.61. The topological polar surface area (TPSA) is 78.4 Å². The van der Waals surface area contributed by atoms with Crippen LogP contribution in [0.25, 0.3) is 0 Å². The Hall–Kier alpha value is -1.27. The van der Waals surface area contributed by atoms with Crippen LogP contribution in [-0.4, -0.2) is 22.9 Å². The fourth-order valence-electron chi connectivity index (χ4n) is 1.97. The number of rotatable bonds is 4. The summed E-state index contributed by atoms with van der Waals surface area (Å²) >= 11 is 1.78. The summed E-state index contributed by atoms with van der Waals surface area (Å²) < 4.78 is 5.49. The second-order valence-corrected chi connectivity index (χ2v) is 5.59. The maximum absolute atomic E-state index is 10.8. The number of thioether (sulfide) groups is 1. The van der Waals surface area contributed by atoms with Crippen LogP contribution in [-0.2, 0) is 10.5 Å². The number of nitro benzene ring substituents is 1. The number of benzene rings is 1. The van der Waals surface area contributed by atoms with Crippen LogP contribution in [0.2, 0.25) is 0 Å². The van der Waals surface area contributed by atoms with Crippen LogP contribution in [0, 0.1) is 10.1 Å². The lowest BCUT2D eigenvalue weighted by Gasteiger charge is -2.13. The van der Waals surface area contributed by atoms with Crippen molar-refractivity contribution >= 4 is 23.1 Å². The van der Waals surface area contributed by atoms with Gasteiger partial charge in [-0.2, -0.15) is 11.8 Å². The van der Waals surface area contributed by atoms with Crippen LogP contribution < -0.4 is 5.73 Å². The number of hydrogen-bond donors (Lipinski definition) is 1. The molecule has 0 spiro atoms. The molecule has 1 aromatic rings. The van der Waals surface area contributed by atoms with E-state index in [-0.39, 0.29) is 17.5 Å². The standard InChI is InChI=1S/C12H16N2O3S/c1-8-12(4-5-17-8)18-7-9-2-3-10(13)11(6-9)14(15)16/h2-3,6,8,12H,4-5,7,13H2,1H3. The number of hydrogen-bond acceptors (Lipinski definition) is 5. The SMILES string of the molecule is CC1OCCC1SCc1ccc(N)c([N+](=O)[O-])c1. The average molecular weight is 268 g/mol. The molecule has 1 fully saturated rings. The summed E-state index contributed by atoms with van der Waals surface area (Å²) in [5.41, 5.74) is 6.70. The van der Waals surface area contributed by atoms with Gasteiger partial charge in [-0.05, 0) is 25.0 Å². The van der Waals surface area contributed by atoms with Gasteiger partial charge >= 0.3 is 0 Å². The average Bonchev–Trinajstić information content (AvgIpc) is 2.73. The Labute approximate surface area is 110 Å². The molecule has 5 nitrogen and oxygen atoms in total. The van der Waals surface area contributed by atoms with E-state index >= 15 is 0 Å². The van der Waals surface area contributed by atoms with Crippen LogP contribution in [0.3, 0.4) is 0 Å². The zero-order chi connectivity index (χ0) is 13.1. The normalized spacial score (nSPS) is 23.2. The maximum atomic E-state index is 10.8. The quantitative estimate of drug-likeness (QED) is 0.516. The molecule has 2 N–H and O–H groups in total. The Balaban J connectivity index is 2.01. The lowest BCUT2D eigenvalue weighted by Crippen LogP contribution is -2.13. The van der Waals surface area contributed by atoms with Crippen molar-refractivity contribution in [3.05, 3.63) is 33.9 Å². The first kappa shape index (κ1) is 13.2. The molecule has 0 bridgehead atoms. The van der Waals surface area contributed by atoms with E-state index in [2.05, 4.69) is 6.92 Å². The van der Waals surface area contributed by atoms with Gasteiger partial charge in [-0.1, -0.05) is 6.07 Å². The smallest absolute Gasteiger partial charge is 0.292 e. The van der Waals surface area contributed by atoms with Crippen molar-refractivity contribution in [3.63, 3.8) is 0 Å². The van der Waals surface area contributed by atoms with Gasteiger partial charge in [0.2, 0.25) is 0 Å². The van der Waals surface area contributed by atoms with Crippen molar-refractivity contribution < 1.29 is 9.66 Å². The predicted molar refractivity (Wildman–Crippen MR) is 72.6 cm³/mol. The minimum absolute atomic E-state index is 0.0104. The number of ether oxygens (including phenoxy) is 1. The molecule has 18 heavy (non-hydrogen) atoms. The van der Waals surface area contributed by atoms with E-state index in [0.29, 0.717) is 5.25 Å². The number of nitrogens with zero attached hydrogens (tertiary/aromatic N) is 1. The van der Waals surface area contributed by atoms with E-state index < -0.39 is 4.92 Å². The molecule has 1 heterocycles. The summed E-state index contributed by atoms with van der Waals surface area (Å²) in [5.74, 6) is 0.749. The molecule has 2 rings (SSSR count). The summed E-state index contributed by atoms with van der Waals surface area (Å²) in [7, 11) is 0. The fraction of sp³-hybridized carbons (Fsp3) is 0.500. The van der Waals surface area contributed by atoms with Crippen molar-refractivity contribution in [1.82, 2.24) is 0 Å². The van der Waals surface area contributed by atoms with Crippen LogP contribution in [0.15, 0.2) is 18.2 Å². The molecule has 2 atom stereocenters. The van der Waals surface area contributed by atoms with Gasteiger partial charge in [0, 0.05) is 23.7 Å². The molecule has 0 amide bonds. The zero-order valence-electron chi connectivity index (χ0n) is 10.2. The second kappa shape index (κ2) is 5.58. The summed E-state index contributed by atoms with van der Waals surface area (Å²) in [4.78, 5) is 10.3. The first-order chi connectivity index (χ1) is 8.58. The highest BCUT2D eigenvalue weighted by Crippen LogP contribution is 2.31. The Morgan fingerprint density at radius 1 is 1.61 bits per heavy atom. The van der Waals surface area contributed by atoms with Crippen molar-refractivity contribution in [2.75, 3.05) is 12.3 Å². The van der Waals surface area contributed by atoms with Gasteiger partial charge in [0.05, 0.1) is 11.0 Å².